The number of esters is 2. The summed E-state index contributed by atoms with van der Waals surface area (Å²) in [4.78, 5) is 28.4. The number of benzene rings is 3. The third-order valence-corrected chi connectivity index (χ3v) is 11.2. The van der Waals surface area contributed by atoms with Crippen molar-refractivity contribution >= 4 is 22.8 Å². The highest BCUT2D eigenvalue weighted by Crippen LogP contribution is 2.55. The van der Waals surface area contributed by atoms with Crippen LogP contribution in [-0.4, -0.2) is 30.8 Å². The van der Waals surface area contributed by atoms with E-state index in [-0.39, 0.29) is 64.3 Å². The Balaban J connectivity index is 1.17. The van der Waals surface area contributed by atoms with Crippen LogP contribution in [0.15, 0.2) is 87.5 Å². The molecule has 2 aliphatic carbocycles. The van der Waals surface area contributed by atoms with Crippen molar-refractivity contribution < 1.29 is 23.8 Å². The molecule has 1 heterocycles. The molecule has 0 aromatic heterocycles. The minimum Gasteiger partial charge on any atom is -0.482 e. The zero-order valence-electron chi connectivity index (χ0n) is 25.4. The third kappa shape index (κ3) is 5.58. The summed E-state index contributed by atoms with van der Waals surface area (Å²) in [5.41, 5.74) is 2.80. The molecule has 1 aliphatic heterocycles. The topological polar surface area (TPSA) is 61.8 Å². The van der Waals surface area contributed by atoms with Crippen molar-refractivity contribution in [1.82, 2.24) is 0 Å². The zero-order valence-corrected chi connectivity index (χ0v) is 26.2. The first kappa shape index (κ1) is 28.9. The highest BCUT2D eigenvalue weighted by Gasteiger charge is 2.63. The van der Waals surface area contributed by atoms with E-state index in [1.165, 1.54) is 25.8 Å². The van der Waals surface area contributed by atoms with Gasteiger partial charge in [-0.25, -0.2) is 4.79 Å². The van der Waals surface area contributed by atoms with Gasteiger partial charge < -0.3 is 14.2 Å². The molecule has 2 saturated carbocycles. The summed E-state index contributed by atoms with van der Waals surface area (Å²) in [6.45, 7) is 13.2. The van der Waals surface area contributed by atoms with E-state index in [1.807, 2.05) is 12.1 Å². The summed E-state index contributed by atoms with van der Waals surface area (Å²) in [7, 11) is -0.303. The van der Waals surface area contributed by atoms with Crippen molar-refractivity contribution in [3.8, 4) is 5.75 Å². The second-order valence-corrected chi connectivity index (χ2v) is 16.0. The van der Waals surface area contributed by atoms with Crippen LogP contribution in [0.2, 0.25) is 0 Å². The van der Waals surface area contributed by atoms with Gasteiger partial charge in [-0.2, -0.15) is 0 Å². The maximum atomic E-state index is 12.7. The highest BCUT2D eigenvalue weighted by atomic mass is 32.2. The normalized spacial score (nSPS) is 24.6. The van der Waals surface area contributed by atoms with Crippen molar-refractivity contribution in [2.45, 2.75) is 92.1 Å². The Hall–Kier alpha value is -3.25. The van der Waals surface area contributed by atoms with E-state index in [4.69, 9.17) is 14.2 Å². The summed E-state index contributed by atoms with van der Waals surface area (Å²) in [5, 5.41) is 0. The Morgan fingerprint density at radius 2 is 1.29 bits per heavy atom. The van der Waals surface area contributed by atoms with Crippen LogP contribution in [0.1, 0.15) is 65.5 Å². The van der Waals surface area contributed by atoms with E-state index in [0.29, 0.717) is 5.75 Å². The molecule has 0 amide bonds. The average Bonchev–Trinajstić information content (AvgIpc) is 3.58. The number of hydrogen-bond acceptors (Lipinski definition) is 5. The van der Waals surface area contributed by atoms with E-state index >= 15 is 0 Å². The molecule has 3 aromatic rings. The fourth-order valence-corrected chi connectivity index (χ4v) is 8.70. The summed E-state index contributed by atoms with van der Waals surface area (Å²) in [6.07, 6.45) is 1.05. The van der Waals surface area contributed by atoms with Gasteiger partial charge in [0.25, 0.3) is 0 Å². The molecule has 3 aliphatic rings. The van der Waals surface area contributed by atoms with Crippen molar-refractivity contribution in [1.29, 1.82) is 0 Å². The van der Waals surface area contributed by atoms with Crippen LogP contribution >= 0.6 is 0 Å². The standard InChI is InChI=1S/C36H41O5S/c1-35(2,3)23-7-13-26(14-8-23)42(27-15-9-24(10-16-27)36(4,5)6)28-17-11-25(12-18-28)39-21-31(37)40-32-22-19-29-30(20-22)34(38)41-33(29)32/h7-18,22,29-30,32-33H,19-21H2,1-6H3/q+1. The minimum absolute atomic E-state index is 0.00195. The minimum atomic E-state index is -0.422. The molecule has 5 atom stereocenters. The molecule has 220 valence electrons. The fourth-order valence-electron chi connectivity index (χ4n) is 6.65. The van der Waals surface area contributed by atoms with E-state index in [9.17, 15) is 9.59 Å². The highest BCUT2D eigenvalue weighted by molar-refractivity contribution is 7.97. The van der Waals surface area contributed by atoms with Gasteiger partial charge in [0, 0.05) is 11.8 Å². The zero-order chi connectivity index (χ0) is 29.8. The van der Waals surface area contributed by atoms with Gasteiger partial charge in [-0.05, 0) is 83.3 Å². The Kier molecular flexibility index (Phi) is 7.41. The number of ether oxygens (including phenoxy) is 3. The van der Waals surface area contributed by atoms with Gasteiger partial charge in [0.2, 0.25) is 0 Å². The number of carbonyl (C=O) groups is 2. The lowest BCUT2D eigenvalue weighted by Crippen LogP contribution is -2.37. The van der Waals surface area contributed by atoms with E-state index in [1.54, 1.807) is 0 Å². The molecule has 0 radical (unpaired) electrons. The Morgan fingerprint density at radius 1 is 0.786 bits per heavy atom. The monoisotopic (exact) mass is 585 g/mol. The molecule has 3 aromatic carbocycles. The van der Waals surface area contributed by atoms with Crippen molar-refractivity contribution in [2.75, 3.05) is 6.61 Å². The molecular weight excluding hydrogens is 544 g/mol. The predicted molar refractivity (Wildman–Crippen MR) is 164 cm³/mol. The molecule has 5 unspecified atom stereocenters. The quantitative estimate of drug-likeness (QED) is 0.216. The van der Waals surface area contributed by atoms with E-state index in [2.05, 4.69) is 102 Å². The van der Waals surface area contributed by atoms with Crippen LogP contribution in [0.4, 0.5) is 0 Å². The van der Waals surface area contributed by atoms with E-state index < -0.39 is 5.97 Å². The van der Waals surface area contributed by atoms with Gasteiger partial charge in [0.1, 0.15) is 18.0 Å². The lowest BCUT2D eigenvalue weighted by atomic mass is 9.87. The van der Waals surface area contributed by atoms with Crippen LogP contribution in [-0.2, 0) is 40.8 Å². The van der Waals surface area contributed by atoms with Crippen molar-refractivity contribution in [2.24, 2.45) is 17.8 Å². The third-order valence-electron chi connectivity index (χ3n) is 9.01. The second-order valence-electron chi connectivity index (χ2n) is 14.0. The van der Waals surface area contributed by atoms with Crippen molar-refractivity contribution in [3.05, 3.63) is 83.9 Å². The van der Waals surface area contributed by atoms with Crippen LogP contribution in [0.5, 0.6) is 5.75 Å². The van der Waals surface area contributed by atoms with E-state index in [0.717, 1.165) is 12.8 Å². The number of hydrogen-bond donors (Lipinski definition) is 0. The van der Waals surface area contributed by atoms with Gasteiger partial charge in [0.15, 0.2) is 21.3 Å². The second kappa shape index (κ2) is 10.8. The predicted octanol–water partition coefficient (Wildman–Crippen LogP) is 7.25. The number of carbonyl (C=O) groups excluding carboxylic acids is 2. The lowest BCUT2D eigenvalue weighted by molar-refractivity contribution is -0.163. The molecule has 5 nitrogen and oxygen atoms in total. The van der Waals surface area contributed by atoms with Gasteiger partial charge in [-0.3, -0.25) is 4.79 Å². The van der Waals surface area contributed by atoms with Crippen LogP contribution in [0.3, 0.4) is 0 Å². The van der Waals surface area contributed by atoms with Gasteiger partial charge in [-0.15, -0.1) is 0 Å². The first-order chi connectivity index (χ1) is 19.9. The van der Waals surface area contributed by atoms with Crippen LogP contribution in [0, 0.1) is 17.8 Å². The van der Waals surface area contributed by atoms with Gasteiger partial charge in [-0.1, -0.05) is 65.8 Å². The summed E-state index contributed by atoms with van der Waals surface area (Å²) < 4.78 is 17.1. The van der Waals surface area contributed by atoms with Gasteiger partial charge in [0.05, 0.1) is 16.8 Å². The largest absolute Gasteiger partial charge is 0.482 e. The molecular formula is C36H41O5S+. The first-order valence-corrected chi connectivity index (χ1v) is 16.2. The lowest BCUT2D eigenvalue weighted by Gasteiger charge is -2.25. The number of rotatable bonds is 7. The summed E-state index contributed by atoms with van der Waals surface area (Å²) >= 11 is 0. The molecule has 6 rings (SSSR count). The summed E-state index contributed by atoms with van der Waals surface area (Å²) in [5.74, 6) is 0.489. The van der Waals surface area contributed by atoms with Crippen molar-refractivity contribution in [3.63, 3.8) is 0 Å². The first-order valence-electron chi connectivity index (χ1n) is 15.0. The molecule has 42 heavy (non-hydrogen) atoms. The Labute approximate surface area is 252 Å². The molecule has 2 bridgehead atoms. The molecule has 0 spiro atoms. The van der Waals surface area contributed by atoms with Crippen LogP contribution in [0.25, 0.3) is 0 Å². The maximum absolute atomic E-state index is 12.7. The van der Waals surface area contributed by atoms with Gasteiger partial charge >= 0.3 is 11.9 Å². The van der Waals surface area contributed by atoms with Crippen LogP contribution < -0.4 is 4.74 Å². The average molecular weight is 586 g/mol. The number of fused-ring (bicyclic) bond motifs is 1. The molecule has 6 heteroatoms. The maximum Gasteiger partial charge on any atom is 0.344 e. The molecule has 1 saturated heterocycles. The molecule has 0 N–H and O–H groups in total. The Bertz CT molecular complexity index is 1390. The molecule has 3 fully saturated rings. The Morgan fingerprint density at radius 3 is 1.79 bits per heavy atom. The SMILES string of the molecule is CC(C)(C)c1ccc([S+](c2ccc(OCC(=O)OC3C4CC5C(=O)OC3C5C4)cc2)c2ccc(C(C)(C)C)cc2)cc1. The fraction of sp³-hybridized carbons (Fsp3) is 0.444. The smallest absolute Gasteiger partial charge is 0.344 e. The summed E-state index contributed by atoms with van der Waals surface area (Å²) in [6, 6.07) is 26.0.